The van der Waals surface area contributed by atoms with E-state index in [0.717, 1.165) is 0 Å². The summed E-state index contributed by atoms with van der Waals surface area (Å²) in [6.07, 6.45) is 19.2. The molecule has 0 fully saturated rings. The number of rotatable bonds is 14. The summed E-state index contributed by atoms with van der Waals surface area (Å²) in [5.74, 6) is 0. The van der Waals surface area contributed by atoms with E-state index in [2.05, 4.69) is 51.6 Å². The predicted octanol–water partition coefficient (Wildman–Crippen LogP) is 4.68. The predicted molar refractivity (Wildman–Crippen MR) is 116 cm³/mol. The molecule has 0 saturated heterocycles. The molecule has 25 heavy (non-hydrogen) atoms. The van der Waals surface area contributed by atoms with Crippen LogP contribution in [-0.2, 0) is 6.42 Å². The Labute approximate surface area is 164 Å². The number of halogens is 1. The summed E-state index contributed by atoms with van der Waals surface area (Å²) >= 11 is 0. The lowest BCUT2D eigenvalue weighted by atomic mass is 10.1. The minimum absolute atomic E-state index is 0. The van der Waals surface area contributed by atoms with Crippen LogP contribution in [-0.4, -0.2) is 24.6 Å². The lowest BCUT2D eigenvalue weighted by Crippen LogP contribution is -3.00. The molecule has 0 unspecified atom stereocenters. The zero-order valence-corrected chi connectivity index (χ0v) is 18.6. The summed E-state index contributed by atoms with van der Waals surface area (Å²) in [6, 6.07) is 8.99. The Kier molecular flexibility index (Phi) is 14.6. The van der Waals surface area contributed by atoms with Gasteiger partial charge in [0.15, 0.2) is 0 Å². The number of aryl methyl sites for hydroxylation is 1. The van der Waals surface area contributed by atoms with Crippen molar-refractivity contribution in [2.45, 2.75) is 72.1 Å². The van der Waals surface area contributed by atoms with Gasteiger partial charge in [-0.2, -0.15) is 0 Å². The normalized spacial score (nSPS) is 11.2. The van der Waals surface area contributed by atoms with Gasteiger partial charge >= 0.3 is 0 Å². The zero-order chi connectivity index (χ0) is 17.7. The molecule has 0 aliphatic heterocycles. The molecule has 0 radical (unpaired) electrons. The molecule has 0 aromatic heterocycles. The SMILES string of the molecule is C=Cc1ccc(CCC[P+](CCCC)(CCCC)CCCC)cc1.[Cl-]. The number of unbranched alkanes of at least 4 members (excludes halogenated alkanes) is 3. The first-order chi connectivity index (χ1) is 11.7. The average Bonchev–Trinajstić information content (AvgIpc) is 2.63. The highest BCUT2D eigenvalue weighted by atomic mass is 35.5. The first-order valence-corrected chi connectivity index (χ1v) is 12.8. The van der Waals surface area contributed by atoms with Crippen LogP contribution in [0.5, 0.6) is 0 Å². The van der Waals surface area contributed by atoms with Gasteiger partial charge < -0.3 is 12.4 Å². The van der Waals surface area contributed by atoms with Gasteiger partial charge in [0.1, 0.15) is 0 Å². The summed E-state index contributed by atoms with van der Waals surface area (Å²) < 4.78 is 0. The fourth-order valence-electron chi connectivity index (χ4n) is 3.59. The first kappa shape index (κ1) is 24.7. The number of hydrogen-bond acceptors (Lipinski definition) is 0. The molecule has 0 heterocycles. The summed E-state index contributed by atoms with van der Waals surface area (Å²) in [7, 11) is -0.714. The van der Waals surface area contributed by atoms with Gasteiger partial charge in [0.25, 0.3) is 0 Å². The Balaban J connectivity index is 0.00000576. The second-order valence-corrected chi connectivity index (χ2v) is 11.8. The van der Waals surface area contributed by atoms with E-state index in [0.29, 0.717) is 0 Å². The van der Waals surface area contributed by atoms with E-state index in [1.165, 1.54) is 68.7 Å². The number of benzene rings is 1. The van der Waals surface area contributed by atoms with Crippen molar-refractivity contribution in [3.05, 3.63) is 42.0 Å². The largest absolute Gasteiger partial charge is 1.00 e. The Morgan fingerprint density at radius 1 is 0.760 bits per heavy atom. The van der Waals surface area contributed by atoms with Gasteiger partial charge in [0, 0.05) is 7.26 Å². The van der Waals surface area contributed by atoms with Gasteiger partial charge in [-0.15, -0.1) is 0 Å². The lowest BCUT2D eigenvalue weighted by Gasteiger charge is -2.28. The van der Waals surface area contributed by atoms with Crippen molar-refractivity contribution in [2.24, 2.45) is 0 Å². The third-order valence-corrected chi connectivity index (χ3v) is 10.3. The molecule has 2 heteroatoms. The highest BCUT2D eigenvalue weighted by Gasteiger charge is 2.34. The molecule has 1 aromatic carbocycles. The zero-order valence-electron chi connectivity index (χ0n) is 16.9. The summed E-state index contributed by atoms with van der Waals surface area (Å²) in [5, 5.41) is 0. The summed E-state index contributed by atoms with van der Waals surface area (Å²) in [4.78, 5) is 0. The monoisotopic (exact) mass is 382 g/mol. The lowest BCUT2D eigenvalue weighted by molar-refractivity contribution is -0.00000528. The first-order valence-electron chi connectivity index (χ1n) is 10.3. The fraction of sp³-hybridized carbons (Fsp3) is 0.652. The highest BCUT2D eigenvalue weighted by Crippen LogP contribution is 2.61. The second kappa shape index (κ2) is 14.8. The molecule has 0 atom stereocenters. The number of hydrogen-bond donors (Lipinski definition) is 0. The quantitative estimate of drug-likeness (QED) is 0.410. The Morgan fingerprint density at radius 2 is 1.20 bits per heavy atom. The molecule has 144 valence electrons. The minimum atomic E-state index is -0.714. The molecule has 0 amide bonds. The smallest absolute Gasteiger partial charge is 0.0597 e. The maximum absolute atomic E-state index is 3.85. The topological polar surface area (TPSA) is 0 Å². The van der Waals surface area contributed by atoms with E-state index in [-0.39, 0.29) is 12.4 Å². The van der Waals surface area contributed by atoms with Gasteiger partial charge in [0.2, 0.25) is 0 Å². The second-order valence-electron chi connectivity index (χ2n) is 7.35. The Bertz CT molecular complexity index is 416. The van der Waals surface area contributed by atoms with Gasteiger partial charge in [-0.25, -0.2) is 0 Å². The van der Waals surface area contributed by atoms with E-state index in [4.69, 9.17) is 0 Å². The minimum Gasteiger partial charge on any atom is -1.00 e. The van der Waals surface area contributed by atoms with E-state index < -0.39 is 7.26 Å². The summed E-state index contributed by atoms with van der Waals surface area (Å²) in [6.45, 7) is 10.9. The third-order valence-electron chi connectivity index (χ3n) is 5.27. The molecule has 1 aromatic rings. The summed E-state index contributed by atoms with van der Waals surface area (Å²) in [5.41, 5.74) is 2.73. The van der Waals surface area contributed by atoms with Crippen LogP contribution in [0.15, 0.2) is 30.8 Å². The third kappa shape index (κ3) is 9.81. The molecule has 1 rings (SSSR count). The van der Waals surface area contributed by atoms with E-state index >= 15 is 0 Å². The van der Waals surface area contributed by atoms with Crippen molar-refractivity contribution in [1.82, 2.24) is 0 Å². The van der Waals surface area contributed by atoms with Crippen LogP contribution in [0.3, 0.4) is 0 Å². The van der Waals surface area contributed by atoms with Gasteiger partial charge in [-0.3, -0.25) is 0 Å². The average molecular weight is 383 g/mol. The van der Waals surface area contributed by atoms with Crippen molar-refractivity contribution in [3.8, 4) is 0 Å². The van der Waals surface area contributed by atoms with Gasteiger partial charge in [-0.1, -0.05) is 77.0 Å². The van der Waals surface area contributed by atoms with Crippen LogP contribution >= 0.6 is 7.26 Å². The maximum Gasteiger partial charge on any atom is 0.0597 e. The molecule has 0 aliphatic rings. The van der Waals surface area contributed by atoms with Gasteiger partial charge in [-0.05, 0) is 43.2 Å². The molecular weight excluding hydrogens is 343 g/mol. The maximum atomic E-state index is 3.85. The van der Waals surface area contributed by atoms with E-state index in [9.17, 15) is 0 Å². The molecule has 0 spiro atoms. The molecule has 0 nitrogen and oxygen atoms in total. The standard InChI is InChI=1S/C23H40P.ClH/c1-5-9-18-24(19-10-6-2,20-11-7-3)21-12-13-23-16-14-22(8-4)15-17-23;/h8,14-17H,4-7,9-13,18-21H2,1-3H3;1H/q+1;/p-1. The van der Waals surface area contributed by atoms with Crippen LogP contribution in [0.1, 0.15) is 76.8 Å². The molecule has 0 bridgehead atoms. The fourth-order valence-corrected chi connectivity index (χ4v) is 8.72. The molecule has 0 aliphatic carbocycles. The van der Waals surface area contributed by atoms with Crippen LogP contribution in [0.25, 0.3) is 6.08 Å². The highest BCUT2D eigenvalue weighted by molar-refractivity contribution is 7.75. The van der Waals surface area contributed by atoms with Gasteiger partial charge in [0.05, 0.1) is 24.6 Å². The van der Waals surface area contributed by atoms with E-state index in [1.54, 1.807) is 18.5 Å². The van der Waals surface area contributed by atoms with Crippen LogP contribution in [0.2, 0.25) is 0 Å². The van der Waals surface area contributed by atoms with Crippen molar-refractivity contribution in [3.63, 3.8) is 0 Å². The van der Waals surface area contributed by atoms with Crippen molar-refractivity contribution >= 4 is 13.3 Å². The van der Waals surface area contributed by atoms with Crippen LogP contribution in [0.4, 0.5) is 0 Å². The van der Waals surface area contributed by atoms with Crippen LogP contribution < -0.4 is 12.4 Å². The van der Waals surface area contributed by atoms with Crippen LogP contribution in [0, 0.1) is 0 Å². The van der Waals surface area contributed by atoms with E-state index in [1.807, 2.05) is 6.08 Å². The Morgan fingerprint density at radius 3 is 1.60 bits per heavy atom. The molecular formula is C23H40ClP. The van der Waals surface area contributed by atoms with Crippen molar-refractivity contribution < 1.29 is 12.4 Å². The molecule has 0 N–H and O–H groups in total. The molecule has 0 saturated carbocycles. The van der Waals surface area contributed by atoms with Crippen molar-refractivity contribution in [2.75, 3.05) is 24.6 Å². The van der Waals surface area contributed by atoms with Crippen molar-refractivity contribution in [1.29, 1.82) is 0 Å². The Hall–Kier alpha value is -0.320.